The van der Waals surface area contributed by atoms with Crippen molar-refractivity contribution in [3.8, 4) is 0 Å². The van der Waals surface area contributed by atoms with Gasteiger partial charge in [0.05, 0.1) is 0 Å². The van der Waals surface area contributed by atoms with E-state index in [1.54, 1.807) is 12.4 Å². The number of carboxylic acid groups (broad SMARTS) is 1. The number of rotatable bonds is 3. The summed E-state index contributed by atoms with van der Waals surface area (Å²) in [5, 5.41) is 9.45. The molecule has 2 rings (SSSR count). The third-order valence-electron chi connectivity index (χ3n) is 3.48. The molecule has 0 bridgehead atoms. The van der Waals surface area contributed by atoms with Gasteiger partial charge in [-0.05, 0) is 31.7 Å². The van der Waals surface area contributed by atoms with Crippen LogP contribution in [0.2, 0.25) is 0 Å². The fourth-order valence-electron chi connectivity index (χ4n) is 2.44. The van der Waals surface area contributed by atoms with Crippen molar-refractivity contribution in [3.05, 3.63) is 18.0 Å². The molecule has 1 aromatic rings. The number of aliphatic carboxylic acids is 1. The first kappa shape index (κ1) is 11.8. The van der Waals surface area contributed by atoms with Crippen molar-refractivity contribution >= 4 is 11.9 Å². The number of anilines is 1. The molecule has 1 aliphatic rings. The molecule has 1 aliphatic heterocycles. The van der Waals surface area contributed by atoms with Crippen LogP contribution in [-0.4, -0.2) is 33.1 Å². The van der Waals surface area contributed by atoms with Gasteiger partial charge in [0.15, 0.2) is 0 Å². The minimum Gasteiger partial charge on any atom is -0.479 e. The Morgan fingerprint density at radius 3 is 2.71 bits per heavy atom. The van der Waals surface area contributed by atoms with Crippen LogP contribution in [0.25, 0.3) is 0 Å². The average molecular weight is 235 g/mol. The lowest BCUT2D eigenvalue weighted by Crippen LogP contribution is -2.51. The van der Waals surface area contributed by atoms with Crippen LogP contribution in [0.15, 0.2) is 12.4 Å². The van der Waals surface area contributed by atoms with Crippen LogP contribution in [0.5, 0.6) is 0 Å². The Bertz CT molecular complexity index is 418. The molecule has 1 atom stereocenters. The van der Waals surface area contributed by atoms with E-state index in [-0.39, 0.29) is 0 Å². The van der Waals surface area contributed by atoms with Crippen molar-refractivity contribution in [1.29, 1.82) is 0 Å². The summed E-state index contributed by atoms with van der Waals surface area (Å²) >= 11 is 0. The second-order valence-corrected chi connectivity index (χ2v) is 4.51. The first-order valence-corrected chi connectivity index (χ1v) is 5.90. The summed E-state index contributed by atoms with van der Waals surface area (Å²) in [6, 6.07) is 0. The Morgan fingerprint density at radius 2 is 2.18 bits per heavy atom. The van der Waals surface area contributed by atoms with E-state index < -0.39 is 11.5 Å². The first-order valence-electron chi connectivity index (χ1n) is 5.90. The Balaban J connectivity index is 2.37. The molecule has 5 nitrogen and oxygen atoms in total. The molecule has 1 N–H and O–H groups in total. The predicted octanol–water partition coefficient (Wildman–Crippen LogP) is 1.62. The predicted molar refractivity (Wildman–Crippen MR) is 64.0 cm³/mol. The summed E-state index contributed by atoms with van der Waals surface area (Å²) < 4.78 is 0. The lowest BCUT2D eigenvalue weighted by atomic mass is 9.93. The third-order valence-corrected chi connectivity index (χ3v) is 3.48. The molecular formula is C12H17N3O2. The average Bonchev–Trinajstić information content (AvgIpc) is 2.75. The maximum absolute atomic E-state index is 11.5. The van der Waals surface area contributed by atoms with Crippen LogP contribution in [0.4, 0.5) is 5.95 Å². The third kappa shape index (κ3) is 1.85. The standard InChI is InChI=1S/C12H17N3O2/c1-3-12(10(16)17)5-4-6-15(12)11-13-7-9(2)8-14-11/h7-8H,3-6H2,1-2H3,(H,16,17). The number of carboxylic acids is 1. The Hall–Kier alpha value is -1.65. The summed E-state index contributed by atoms with van der Waals surface area (Å²) in [6.07, 6.45) is 5.55. The van der Waals surface area contributed by atoms with Gasteiger partial charge in [-0.25, -0.2) is 14.8 Å². The van der Waals surface area contributed by atoms with Gasteiger partial charge in [0.2, 0.25) is 5.95 Å². The van der Waals surface area contributed by atoms with Gasteiger partial charge in [0.25, 0.3) is 0 Å². The molecule has 0 aliphatic carbocycles. The summed E-state index contributed by atoms with van der Waals surface area (Å²) in [5.41, 5.74) is 0.153. The molecule has 0 amide bonds. The quantitative estimate of drug-likeness (QED) is 0.862. The fraction of sp³-hybridized carbons (Fsp3) is 0.583. The van der Waals surface area contributed by atoms with Gasteiger partial charge in [-0.3, -0.25) is 0 Å². The molecule has 0 radical (unpaired) electrons. The molecule has 1 aromatic heterocycles. The Kier molecular flexibility index (Phi) is 3.00. The van der Waals surface area contributed by atoms with Crippen LogP contribution in [0, 0.1) is 6.92 Å². The molecular weight excluding hydrogens is 218 g/mol. The SMILES string of the molecule is CCC1(C(=O)O)CCCN1c1ncc(C)cn1. The second-order valence-electron chi connectivity index (χ2n) is 4.51. The van der Waals surface area contributed by atoms with E-state index in [2.05, 4.69) is 9.97 Å². The molecule has 92 valence electrons. The van der Waals surface area contributed by atoms with Crippen LogP contribution in [-0.2, 0) is 4.79 Å². The topological polar surface area (TPSA) is 66.3 Å². The first-order chi connectivity index (χ1) is 8.10. The van der Waals surface area contributed by atoms with E-state index in [1.807, 2.05) is 18.7 Å². The number of nitrogens with zero attached hydrogens (tertiary/aromatic N) is 3. The zero-order chi connectivity index (χ0) is 12.5. The van der Waals surface area contributed by atoms with Crippen molar-refractivity contribution in [2.24, 2.45) is 0 Å². The van der Waals surface area contributed by atoms with Gasteiger partial charge in [0.1, 0.15) is 5.54 Å². The normalized spacial score (nSPS) is 24.0. The molecule has 1 saturated heterocycles. The number of aryl methyl sites for hydroxylation is 1. The van der Waals surface area contributed by atoms with Gasteiger partial charge in [-0.15, -0.1) is 0 Å². The minimum absolute atomic E-state index is 0.525. The fourth-order valence-corrected chi connectivity index (χ4v) is 2.44. The van der Waals surface area contributed by atoms with E-state index in [4.69, 9.17) is 0 Å². The Morgan fingerprint density at radius 1 is 1.53 bits per heavy atom. The maximum Gasteiger partial charge on any atom is 0.329 e. The number of aromatic nitrogens is 2. The molecule has 0 aromatic carbocycles. The zero-order valence-corrected chi connectivity index (χ0v) is 10.2. The maximum atomic E-state index is 11.5. The van der Waals surface area contributed by atoms with Crippen LogP contribution < -0.4 is 4.90 Å². The lowest BCUT2D eigenvalue weighted by Gasteiger charge is -2.33. The summed E-state index contributed by atoms with van der Waals surface area (Å²) in [6.45, 7) is 4.53. The van der Waals surface area contributed by atoms with E-state index in [0.717, 1.165) is 12.0 Å². The van der Waals surface area contributed by atoms with Crippen LogP contribution in [0.1, 0.15) is 31.7 Å². The highest BCUT2D eigenvalue weighted by atomic mass is 16.4. The van der Waals surface area contributed by atoms with Crippen molar-refractivity contribution in [3.63, 3.8) is 0 Å². The largest absolute Gasteiger partial charge is 0.479 e. The highest BCUT2D eigenvalue weighted by Gasteiger charge is 2.47. The zero-order valence-electron chi connectivity index (χ0n) is 10.2. The molecule has 1 unspecified atom stereocenters. The Labute approximate surface area is 100 Å². The lowest BCUT2D eigenvalue weighted by molar-refractivity contribution is -0.143. The smallest absolute Gasteiger partial charge is 0.329 e. The highest BCUT2D eigenvalue weighted by Crippen LogP contribution is 2.35. The summed E-state index contributed by atoms with van der Waals surface area (Å²) in [7, 11) is 0. The van der Waals surface area contributed by atoms with Gasteiger partial charge >= 0.3 is 5.97 Å². The van der Waals surface area contributed by atoms with Crippen LogP contribution in [0.3, 0.4) is 0 Å². The van der Waals surface area contributed by atoms with Crippen molar-refractivity contribution in [2.75, 3.05) is 11.4 Å². The van der Waals surface area contributed by atoms with E-state index in [0.29, 0.717) is 25.3 Å². The molecule has 1 fully saturated rings. The van der Waals surface area contributed by atoms with Gasteiger partial charge in [-0.2, -0.15) is 0 Å². The number of hydrogen-bond acceptors (Lipinski definition) is 4. The molecule has 0 saturated carbocycles. The van der Waals surface area contributed by atoms with E-state index in [1.165, 1.54) is 0 Å². The van der Waals surface area contributed by atoms with Crippen molar-refractivity contribution in [1.82, 2.24) is 9.97 Å². The van der Waals surface area contributed by atoms with Crippen LogP contribution >= 0.6 is 0 Å². The summed E-state index contributed by atoms with van der Waals surface area (Å²) in [5.74, 6) is -0.251. The second kappa shape index (κ2) is 4.31. The van der Waals surface area contributed by atoms with Gasteiger partial charge in [0, 0.05) is 18.9 Å². The highest BCUT2D eigenvalue weighted by molar-refractivity contribution is 5.83. The minimum atomic E-state index is -0.824. The van der Waals surface area contributed by atoms with Gasteiger partial charge < -0.3 is 10.0 Å². The van der Waals surface area contributed by atoms with Crippen molar-refractivity contribution in [2.45, 2.75) is 38.6 Å². The van der Waals surface area contributed by atoms with E-state index in [9.17, 15) is 9.90 Å². The van der Waals surface area contributed by atoms with Gasteiger partial charge in [-0.1, -0.05) is 6.92 Å². The molecule has 2 heterocycles. The van der Waals surface area contributed by atoms with Crippen molar-refractivity contribution < 1.29 is 9.90 Å². The summed E-state index contributed by atoms with van der Waals surface area (Å²) in [4.78, 5) is 21.8. The number of hydrogen-bond donors (Lipinski definition) is 1. The monoisotopic (exact) mass is 235 g/mol. The molecule has 17 heavy (non-hydrogen) atoms. The molecule has 0 spiro atoms. The number of carbonyl (C=O) groups is 1. The van der Waals surface area contributed by atoms with E-state index >= 15 is 0 Å². The molecule has 5 heteroatoms.